The maximum Gasteiger partial charge on any atom is 0.237 e. The van der Waals surface area contributed by atoms with Crippen LogP contribution in [0.3, 0.4) is 0 Å². The lowest BCUT2D eigenvalue weighted by atomic mass is 9.88. The van der Waals surface area contributed by atoms with Crippen molar-refractivity contribution in [2.75, 3.05) is 0 Å². The van der Waals surface area contributed by atoms with E-state index in [-0.39, 0.29) is 35.9 Å². The summed E-state index contributed by atoms with van der Waals surface area (Å²) in [4.78, 5) is 26.1. The molecule has 3 atom stereocenters. The van der Waals surface area contributed by atoms with Gasteiger partial charge in [0.25, 0.3) is 0 Å². The van der Waals surface area contributed by atoms with E-state index in [0.717, 1.165) is 25.7 Å². The molecule has 0 aromatic rings. The van der Waals surface area contributed by atoms with E-state index >= 15 is 0 Å². The fraction of sp³-hybridized carbons (Fsp3) is 0.875. The van der Waals surface area contributed by atoms with Crippen molar-refractivity contribution < 1.29 is 9.59 Å². The van der Waals surface area contributed by atoms with Crippen LogP contribution < -0.4 is 11.1 Å². The van der Waals surface area contributed by atoms with Gasteiger partial charge >= 0.3 is 0 Å². The average Bonchev–Trinajstić information content (AvgIpc) is 2.38. The molecule has 2 amide bonds. The predicted molar refractivity (Wildman–Crippen MR) is 84.7 cm³/mol. The number of carbonyl (C=O) groups is 2. The first-order valence-corrected chi connectivity index (χ1v) is 8.10. The van der Waals surface area contributed by atoms with Crippen LogP contribution in [0.2, 0.25) is 0 Å². The van der Waals surface area contributed by atoms with E-state index in [1.54, 1.807) is 6.92 Å². The predicted octanol–water partition coefficient (Wildman–Crippen LogP) is 1.65. The van der Waals surface area contributed by atoms with Gasteiger partial charge in [-0.2, -0.15) is 0 Å². The van der Waals surface area contributed by atoms with Crippen LogP contribution in [-0.4, -0.2) is 40.9 Å². The second kappa shape index (κ2) is 7.78. The number of nitrogens with two attached hydrogens (primary N) is 1. The maximum absolute atomic E-state index is 12.2. The minimum absolute atomic E-state index is 0.0161. The number of nitrogens with one attached hydrogen (secondary N) is 1. The van der Waals surface area contributed by atoms with Crippen molar-refractivity contribution in [3.8, 4) is 0 Å². The maximum atomic E-state index is 12.2. The third-order valence-corrected chi connectivity index (χ3v) is 4.36. The largest absolute Gasteiger partial charge is 0.350 e. The fourth-order valence-corrected chi connectivity index (χ4v) is 3.17. The van der Waals surface area contributed by atoms with Crippen LogP contribution in [0.25, 0.3) is 0 Å². The van der Waals surface area contributed by atoms with E-state index in [1.165, 1.54) is 0 Å². The summed E-state index contributed by atoms with van der Waals surface area (Å²) in [5, 5.41) is 3.08. The zero-order chi connectivity index (χ0) is 16.2. The van der Waals surface area contributed by atoms with Crippen LogP contribution >= 0.6 is 0 Å². The summed E-state index contributed by atoms with van der Waals surface area (Å²) in [5.41, 5.74) is 5.93. The van der Waals surface area contributed by atoms with Crippen molar-refractivity contribution in [1.29, 1.82) is 0 Å². The third-order valence-electron chi connectivity index (χ3n) is 4.36. The van der Waals surface area contributed by atoms with Gasteiger partial charge in [-0.05, 0) is 32.6 Å². The highest BCUT2D eigenvalue weighted by Gasteiger charge is 2.34. The number of carbonyl (C=O) groups excluding carboxylic acids is 2. The van der Waals surface area contributed by atoms with Crippen LogP contribution in [-0.2, 0) is 9.59 Å². The summed E-state index contributed by atoms with van der Waals surface area (Å²) in [6.45, 7) is 9.54. The Balaban J connectivity index is 2.82. The molecule has 21 heavy (non-hydrogen) atoms. The van der Waals surface area contributed by atoms with Crippen molar-refractivity contribution in [3.63, 3.8) is 0 Å². The Bertz CT molecular complexity index is 369. The topological polar surface area (TPSA) is 75.4 Å². The minimum Gasteiger partial charge on any atom is -0.350 e. The molecule has 1 aliphatic carbocycles. The molecule has 1 rings (SSSR count). The summed E-state index contributed by atoms with van der Waals surface area (Å²) >= 11 is 0. The number of nitrogens with zero attached hydrogens (tertiary/aromatic N) is 1. The van der Waals surface area contributed by atoms with Gasteiger partial charge < -0.3 is 16.0 Å². The molecule has 0 bridgehead atoms. The average molecular weight is 297 g/mol. The monoisotopic (exact) mass is 297 g/mol. The molecule has 5 nitrogen and oxygen atoms in total. The van der Waals surface area contributed by atoms with Crippen LogP contribution in [0, 0.1) is 5.92 Å². The molecular formula is C16H31N3O2. The molecule has 1 aliphatic rings. The molecule has 5 heteroatoms. The van der Waals surface area contributed by atoms with Gasteiger partial charge in [-0.25, -0.2) is 0 Å². The number of amides is 2. The second-order valence-corrected chi connectivity index (χ2v) is 6.76. The molecular weight excluding hydrogens is 266 g/mol. The summed E-state index contributed by atoms with van der Waals surface area (Å²) in [6.07, 6.45) is 4.04. The number of hydrogen-bond donors (Lipinski definition) is 2. The Morgan fingerprint density at radius 3 is 2.19 bits per heavy atom. The fourth-order valence-electron chi connectivity index (χ4n) is 3.17. The molecule has 122 valence electrons. The highest BCUT2D eigenvalue weighted by Crippen LogP contribution is 2.25. The summed E-state index contributed by atoms with van der Waals surface area (Å²) in [6, 6.07) is -0.247. The quantitative estimate of drug-likeness (QED) is 0.810. The lowest BCUT2D eigenvalue weighted by Gasteiger charge is -2.42. The molecule has 0 aromatic carbocycles. The smallest absolute Gasteiger partial charge is 0.237 e. The van der Waals surface area contributed by atoms with Gasteiger partial charge in [0.1, 0.15) is 0 Å². The van der Waals surface area contributed by atoms with Crippen molar-refractivity contribution in [3.05, 3.63) is 0 Å². The Morgan fingerprint density at radius 2 is 1.71 bits per heavy atom. The van der Waals surface area contributed by atoms with Gasteiger partial charge in [0.05, 0.1) is 12.1 Å². The van der Waals surface area contributed by atoms with Crippen molar-refractivity contribution in [1.82, 2.24) is 10.2 Å². The summed E-state index contributed by atoms with van der Waals surface area (Å²) < 4.78 is 0. The first-order valence-electron chi connectivity index (χ1n) is 8.10. The standard InChI is InChI=1S/C16H31N3O2/c1-10(2)15(17)16(21)18-13-8-6-7-9-14(13)19(11(3)4)12(5)20/h10-11,13-15H,6-9,17H2,1-5H3,(H,18,21)/t13-,14+,15-/m0/s1. The van der Waals surface area contributed by atoms with Gasteiger partial charge in [-0.15, -0.1) is 0 Å². The summed E-state index contributed by atoms with van der Waals surface area (Å²) in [7, 11) is 0. The van der Waals surface area contributed by atoms with E-state index in [9.17, 15) is 9.59 Å². The van der Waals surface area contributed by atoms with Gasteiger partial charge in [-0.3, -0.25) is 9.59 Å². The molecule has 0 unspecified atom stereocenters. The lowest BCUT2D eigenvalue weighted by molar-refractivity contribution is -0.136. The van der Waals surface area contributed by atoms with E-state index in [2.05, 4.69) is 5.32 Å². The second-order valence-electron chi connectivity index (χ2n) is 6.76. The molecule has 0 spiro atoms. The molecule has 0 aromatic heterocycles. The minimum atomic E-state index is -0.489. The Hall–Kier alpha value is -1.10. The van der Waals surface area contributed by atoms with Crippen molar-refractivity contribution in [2.24, 2.45) is 11.7 Å². The van der Waals surface area contributed by atoms with Gasteiger partial charge in [0.2, 0.25) is 11.8 Å². The van der Waals surface area contributed by atoms with E-state index in [4.69, 9.17) is 5.73 Å². The van der Waals surface area contributed by atoms with Crippen LogP contribution in [0.15, 0.2) is 0 Å². The molecule has 0 radical (unpaired) electrons. The Labute approximate surface area is 128 Å². The van der Waals surface area contributed by atoms with Crippen LogP contribution in [0.1, 0.15) is 60.3 Å². The zero-order valence-electron chi connectivity index (χ0n) is 14.1. The number of rotatable bonds is 5. The zero-order valence-corrected chi connectivity index (χ0v) is 14.1. The van der Waals surface area contributed by atoms with Crippen molar-refractivity contribution >= 4 is 11.8 Å². The van der Waals surface area contributed by atoms with E-state index in [1.807, 2.05) is 32.6 Å². The third kappa shape index (κ3) is 4.70. The molecule has 3 N–H and O–H groups in total. The number of hydrogen-bond acceptors (Lipinski definition) is 3. The first kappa shape index (κ1) is 18.0. The SMILES string of the molecule is CC(=O)N(C(C)C)[C@@H]1CCCC[C@@H]1NC(=O)[C@@H](N)C(C)C. The normalized spacial score (nSPS) is 24.0. The van der Waals surface area contributed by atoms with Gasteiger partial charge in [0, 0.05) is 19.0 Å². The lowest BCUT2D eigenvalue weighted by Crippen LogP contribution is -2.59. The first-order chi connectivity index (χ1) is 9.75. The molecule has 0 heterocycles. The Morgan fingerprint density at radius 1 is 1.14 bits per heavy atom. The van der Waals surface area contributed by atoms with Gasteiger partial charge in [-0.1, -0.05) is 26.7 Å². The molecule has 1 fully saturated rings. The van der Waals surface area contributed by atoms with E-state index in [0.29, 0.717) is 0 Å². The Kier molecular flexibility index (Phi) is 6.65. The highest BCUT2D eigenvalue weighted by atomic mass is 16.2. The van der Waals surface area contributed by atoms with Crippen LogP contribution in [0.5, 0.6) is 0 Å². The molecule has 0 saturated heterocycles. The van der Waals surface area contributed by atoms with Gasteiger partial charge in [0.15, 0.2) is 0 Å². The van der Waals surface area contributed by atoms with Crippen LogP contribution in [0.4, 0.5) is 0 Å². The molecule has 0 aliphatic heterocycles. The van der Waals surface area contributed by atoms with E-state index < -0.39 is 6.04 Å². The van der Waals surface area contributed by atoms with Crippen molar-refractivity contribution in [2.45, 2.75) is 84.5 Å². The summed E-state index contributed by atoms with van der Waals surface area (Å²) in [5.74, 6) is 0.0829. The molecule has 1 saturated carbocycles. The highest BCUT2D eigenvalue weighted by molar-refractivity contribution is 5.82.